The molecule has 5 nitrogen and oxygen atoms in total. The summed E-state index contributed by atoms with van der Waals surface area (Å²) >= 11 is 0. The van der Waals surface area contributed by atoms with E-state index < -0.39 is 22.0 Å². The van der Waals surface area contributed by atoms with Gasteiger partial charge < -0.3 is 0 Å². The van der Waals surface area contributed by atoms with Crippen molar-refractivity contribution in [1.82, 2.24) is 4.31 Å². The van der Waals surface area contributed by atoms with Crippen molar-refractivity contribution < 1.29 is 13.2 Å². The van der Waals surface area contributed by atoms with Gasteiger partial charge >= 0.3 is 0 Å². The Kier molecular flexibility index (Phi) is 3.23. The van der Waals surface area contributed by atoms with Crippen LogP contribution in [0.2, 0.25) is 0 Å². The van der Waals surface area contributed by atoms with Crippen molar-refractivity contribution in [2.75, 3.05) is 0 Å². The molecule has 1 aliphatic rings. The van der Waals surface area contributed by atoms with Crippen LogP contribution in [0, 0.1) is 11.3 Å². The molecule has 0 N–H and O–H groups in total. The number of nitrogens with zero attached hydrogens (tertiary/aromatic N) is 2. The third kappa shape index (κ3) is 1.98. The molecule has 0 fully saturated rings. The van der Waals surface area contributed by atoms with E-state index >= 15 is 0 Å². The van der Waals surface area contributed by atoms with Gasteiger partial charge in [-0.15, -0.1) is 0 Å². The van der Waals surface area contributed by atoms with Crippen LogP contribution in [-0.4, -0.2) is 18.6 Å². The van der Waals surface area contributed by atoms with Crippen LogP contribution in [-0.2, 0) is 10.0 Å². The summed E-state index contributed by atoms with van der Waals surface area (Å²) in [4.78, 5) is 12.5. The Morgan fingerprint density at radius 3 is 2.55 bits per heavy atom. The van der Waals surface area contributed by atoms with Crippen molar-refractivity contribution in [3.05, 3.63) is 65.2 Å². The number of carbonyl (C=O) groups is 1. The fourth-order valence-corrected chi connectivity index (χ4v) is 4.34. The third-order valence-electron chi connectivity index (χ3n) is 3.70. The first-order valence-corrected chi connectivity index (χ1v) is 8.08. The molecule has 1 aliphatic heterocycles. The summed E-state index contributed by atoms with van der Waals surface area (Å²) in [6.07, 6.45) is 0. The van der Waals surface area contributed by atoms with E-state index in [4.69, 9.17) is 5.26 Å². The Morgan fingerprint density at radius 2 is 1.86 bits per heavy atom. The fraction of sp³-hybridized carbons (Fsp3) is 0.125. The minimum Gasteiger partial charge on any atom is -0.268 e. The van der Waals surface area contributed by atoms with Gasteiger partial charge in [0, 0.05) is 0 Å². The largest absolute Gasteiger partial charge is 0.269 e. The fourth-order valence-electron chi connectivity index (χ4n) is 2.59. The SMILES string of the molecule is CC(c1cccc(C#N)c1)N1C(=O)c2ccccc2S1(=O)=O. The van der Waals surface area contributed by atoms with Crippen molar-refractivity contribution in [1.29, 1.82) is 5.26 Å². The van der Waals surface area contributed by atoms with Crippen LogP contribution in [0.3, 0.4) is 0 Å². The van der Waals surface area contributed by atoms with Gasteiger partial charge in [-0.3, -0.25) is 4.79 Å². The molecule has 0 saturated carbocycles. The van der Waals surface area contributed by atoms with E-state index in [0.29, 0.717) is 11.1 Å². The smallest absolute Gasteiger partial charge is 0.268 e. The maximum atomic E-state index is 12.6. The average Bonchev–Trinajstić information content (AvgIpc) is 2.74. The molecule has 1 amide bonds. The summed E-state index contributed by atoms with van der Waals surface area (Å²) in [6, 6.07) is 14.1. The maximum Gasteiger partial charge on any atom is 0.269 e. The van der Waals surface area contributed by atoms with E-state index in [0.717, 1.165) is 4.31 Å². The molecule has 0 bridgehead atoms. The molecule has 1 unspecified atom stereocenters. The molecule has 110 valence electrons. The van der Waals surface area contributed by atoms with Crippen molar-refractivity contribution in [3.8, 4) is 6.07 Å². The molecule has 2 aromatic rings. The highest BCUT2D eigenvalue weighted by atomic mass is 32.2. The van der Waals surface area contributed by atoms with Crippen LogP contribution >= 0.6 is 0 Å². The zero-order valence-electron chi connectivity index (χ0n) is 11.7. The molecule has 2 aromatic carbocycles. The number of sulfonamides is 1. The molecular formula is C16H12N2O3S. The lowest BCUT2D eigenvalue weighted by Crippen LogP contribution is -2.32. The number of amides is 1. The minimum absolute atomic E-state index is 0.0308. The normalized spacial score (nSPS) is 16.9. The van der Waals surface area contributed by atoms with Crippen LogP contribution < -0.4 is 0 Å². The summed E-state index contributed by atoms with van der Waals surface area (Å²) in [6.45, 7) is 1.64. The summed E-state index contributed by atoms with van der Waals surface area (Å²) in [5.74, 6) is -0.537. The molecule has 3 rings (SSSR count). The number of hydrogen-bond donors (Lipinski definition) is 0. The molecule has 1 heterocycles. The molecule has 6 heteroatoms. The lowest BCUT2D eigenvalue weighted by Gasteiger charge is -2.23. The molecule has 1 atom stereocenters. The first kappa shape index (κ1) is 14.3. The number of nitriles is 1. The van der Waals surface area contributed by atoms with Crippen molar-refractivity contribution in [2.45, 2.75) is 17.9 Å². The van der Waals surface area contributed by atoms with Crippen LogP contribution in [0.15, 0.2) is 53.4 Å². The highest BCUT2D eigenvalue weighted by molar-refractivity contribution is 7.90. The number of hydrogen-bond acceptors (Lipinski definition) is 4. The van der Waals surface area contributed by atoms with Crippen LogP contribution in [0.4, 0.5) is 0 Å². The number of fused-ring (bicyclic) bond motifs is 1. The minimum atomic E-state index is -3.86. The van der Waals surface area contributed by atoms with E-state index in [2.05, 4.69) is 0 Å². The quantitative estimate of drug-likeness (QED) is 0.853. The van der Waals surface area contributed by atoms with E-state index in [9.17, 15) is 13.2 Å². The van der Waals surface area contributed by atoms with Crippen molar-refractivity contribution in [2.24, 2.45) is 0 Å². The van der Waals surface area contributed by atoms with Gasteiger partial charge in [0.1, 0.15) is 4.90 Å². The average molecular weight is 312 g/mol. The summed E-state index contributed by atoms with van der Waals surface area (Å²) in [7, 11) is -3.86. The van der Waals surface area contributed by atoms with Gasteiger partial charge in [-0.1, -0.05) is 24.3 Å². The van der Waals surface area contributed by atoms with Gasteiger partial charge in [0.2, 0.25) is 0 Å². The molecule has 0 saturated heterocycles. The molecule has 0 spiro atoms. The van der Waals surface area contributed by atoms with Crippen LogP contribution in [0.25, 0.3) is 0 Å². The first-order chi connectivity index (χ1) is 10.5. The van der Waals surface area contributed by atoms with Gasteiger partial charge in [0.05, 0.1) is 23.2 Å². The van der Waals surface area contributed by atoms with Gasteiger partial charge in [0.25, 0.3) is 15.9 Å². The van der Waals surface area contributed by atoms with Gasteiger partial charge in [0.15, 0.2) is 0 Å². The van der Waals surface area contributed by atoms with Crippen LogP contribution in [0.1, 0.15) is 34.5 Å². The van der Waals surface area contributed by atoms with Gasteiger partial charge in [-0.2, -0.15) is 5.26 Å². The third-order valence-corrected chi connectivity index (χ3v) is 5.62. The second-order valence-corrected chi connectivity index (χ2v) is 6.80. The monoisotopic (exact) mass is 312 g/mol. The lowest BCUT2D eigenvalue weighted by atomic mass is 10.1. The number of carbonyl (C=O) groups excluding carboxylic acids is 1. The predicted molar refractivity (Wildman–Crippen MR) is 79.4 cm³/mol. The molecular weight excluding hydrogens is 300 g/mol. The zero-order chi connectivity index (χ0) is 15.9. The zero-order valence-corrected chi connectivity index (χ0v) is 12.5. The highest BCUT2D eigenvalue weighted by Crippen LogP contribution is 2.36. The summed E-state index contributed by atoms with van der Waals surface area (Å²) in [5.41, 5.74) is 1.21. The Balaban J connectivity index is 2.10. The summed E-state index contributed by atoms with van der Waals surface area (Å²) in [5, 5.41) is 8.96. The first-order valence-electron chi connectivity index (χ1n) is 6.64. The highest BCUT2D eigenvalue weighted by Gasteiger charge is 2.43. The molecule has 0 radical (unpaired) electrons. The lowest BCUT2D eigenvalue weighted by molar-refractivity contribution is 0.0839. The van der Waals surface area contributed by atoms with Crippen molar-refractivity contribution >= 4 is 15.9 Å². The maximum absolute atomic E-state index is 12.6. The topological polar surface area (TPSA) is 78.2 Å². The summed E-state index contributed by atoms with van der Waals surface area (Å²) < 4.78 is 26.1. The second kappa shape index (κ2) is 4.97. The van der Waals surface area contributed by atoms with E-state index in [1.165, 1.54) is 12.1 Å². The second-order valence-electron chi connectivity index (χ2n) is 5.02. The van der Waals surface area contributed by atoms with Crippen LogP contribution in [0.5, 0.6) is 0 Å². The van der Waals surface area contributed by atoms with E-state index in [1.54, 1.807) is 43.3 Å². The van der Waals surface area contributed by atoms with E-state index in [1.807, 2.05) is 6.07 Å². The van der Waals surface area contributed by atoms with Crippen molar-refractivity contribution in [3.63, 3.8) is 0 Å². The predicted octanol–water partition coefficient (Wildman–Crippen LogP) is 2.46. The molecule has 0 aromatic heterocycles. The standard InChI is InChI=1S/C16H12N2O3S/c1-11(13-6-4-5-12(9-13)10-17)18-16(19)14-7-2-3-8-15(14)22(18,20)21/h2-9,11H,1H3. The molecule has 0 aliphatic carbocycles. The number of benzene rings is 2. The van der Waals surface area contributed by atoms with Gasteiger partial charge in [-0.05, 0) is 36.8 Å². The van der Waals surface area contributed by atoms with E-state index in [-0.39, 0.29) is 10.5 Å². The Labute approximate surface area is 128 Å². The molecule has 22 heavy (non-hydrogen) atoms. The number of rotatable bonds is 2. The Morgan fingerprint density at radius 1 is 1.14 bits per heavy atom. The van der Waals surface area contributed by atoms with Gasteiger partial charge in [-0.25, -0.2) is 12.7 Å². The Hall–Kier alpha value is -2.65. The Bertz CT molecular complexity index is 913.